The summed E-state index contributed by atoms with van der Waals surface area (Å²) in [5, 5.41) is 0. The summed E-state index contributed by atoms with van der Waals surface area (Å²) in [7, 11) is -0.610. The maximum atomic E-state index is 5.88. The van der Waals surface area contributed by atoms with Gasteiger partial charge in [-0.25, -0.2) is 0 Å². The second kappa shape index (κ2) is 3.33. The van der Waals surface area contributed by atoms with E-state index in [0.717, 1.165) is 5.92 Å². The highest BCUT2D eigenvalue weighted by molar-refractivity contribution is 7.08. The molecule has 50 valence electrons. The lowest BCUT2D eigenvalue weighted by Crippen LogP contribution is -2.01. The second-order valence-electron chi connectivity index (χ2n) is 2.46. The van der Waals surface area contributed by atoms with E-state index in [1.54, 1.807) is 0 Å². The van der Waals surface area contributed by atoms with Gasteiger partial charge in [0.1, 0.15) is 7.72 Å². The Hall–Kier alpha value is 0.117. The highest BCUT2D eigenvalue weighted by Crippen LogP contribution is 2.14. The van der Waals surface area contributed by atoms with Gasteiger partial charge in [-0.15, -0.1) is 11.1 Å². The van der Waals surface area contributed by atoms with Crippen molar-refractivity contribution in [1.29, 1.82) is 0 Å². The summed E-state index contributed by atoms with van der Waals surface area (Å²) in [6.45, 7) is 2.12. The molecule has 0 unspecified atom stereocenters. The van der Waals surface area contributed by atoms with Crippen LogP contribution in [0.3, 0.4) is 0 Å². The van der Waals surface area contributed by atoms with Crippen molar-refractivity contribution in [3.05, 3.63) is 12.2 Å². The van der Waals surface area contributed by atoms with Crippen molar-refractivity contribution in [2.24, 2.45) is 5.92 Å². The van der Waals surface area contributed by atoms with Crippen molar-refractivity contribution in [3.8, 4) is 0 Å². The molecule has 0 heterocycles. The summed E-state index contributed by atoms with van der Waals surface area (Å²) in [6.07, 6.45) is 6.91. The van der Waals surface area contributed by atoms with Crippen LogP contribution < -0.4 is 0 Å². The van der Waals surface area contributed by atoms with Crippen molar-refractivity contribution in [2.75, 3.05) is 0 Å². The molecule has 1 aliphatic rings. The minimum Gasteiger partial charge on any atom is -0.140 e. The van der Waals surface area contributed by atoms with Gasteiger partial charge in [-0.1, -0.05) is 17.8 Å². The molecule has 0 aromatic rings. The number of halogens is 1. The van der Waals surface area contributed by atoms with Gasteiger partial charge in [0.25, 0.3) is 0 Å². The molecule has 1 rings (SSSR count). The third-order valence-corrected chi connectivity index (χ3v) is 2.82. The zero-order chi connectivity index (χ0) is 6.69. The second-order valence-corrected chi connectivity index (χ2v) is 5.75. The van der Waals surface area contributed by atoms with Gasteiger partial charge >= 0.3 is 0 Å². The standard InChI is InChI=1S/C7H11ClSi/c1-9(8)6-7-4-2-3-5-7/h2-3,6-7H,4-5H2,1H3. The molecule has 1 aliphatic carbocycles. The van der Waals surface area contributed by atoms with Crippen LogP contribution in [-0.4, -0.2) is 13.4 Å². The van der Waals surface area contributed by atoms with Crippen molar-refractivity contribution in [1.82, 2.24) is 0 Å². The molecule has 0 spiro atoms. The van der Waals surface area contributed by atoms with E-state index in [2.05, 4.69) is 24.4 Å². The predicted octanol–water partition coefficient (Wildman–Crippen LogP) is 2.20. The van der Waals surface area contributed by atoms with Crippen LogP contribution in [-0.2, 0) is 0 Å². The molecule has 0 saturated carbocycles. The third kappa shape index (κ3) is 2.46. The summed E-state index contributed by atoms with van der Waals surface area (Å²) in [5.41, 5.74) is 2.31. The molecule has 0 radical (unpaired) electrons. The summed E-state index contributed by atoms with van der Waals surface area (Å²) in [6, 6.07) is 0. The monoisotopic (exact) mass is 158 g/mol. The molecule has 0 saturated heterocycles. The SMILES string of the molecule is C[Si](Cl)=CC1CC=CC1. The van der Waals surface area contributed by atoms with E-state index in [9.17, 15) is 0 Å². The molecular formula is C7H11ClSi. The van der Waals surface area contributed by atoms with Crippen LogP contribution in [0.1, 0.15) is 12.8 Å². The highest BCUT2D eigenvalue weighted by Gasteiger charge is 2.05. The largest absolute Gasteiger partial charge is 0.140 e. The summed E-state index contributed by atoms with van der Waals surface area (Å²) in [4.78, 5) is 0. The summed E-state index contributed by atoms with van der Waals surface area (Å²) in [5.74, 6) is 0.765. The van der Waals surface area contributed by atoms with E-state index < -0.39 is 7.72 Å². The average Bonchev–Trinajstić information content (AvgIpc) is 2.15. The number of rotatable bonds is 1. The van der Waals surface area contributed by atoms with E-state index in [1.165, 1.54) is 12.8 Å². The van der Waals surface area contributed by atoms with Gasteiger partial charge in [0.05, 0.1) is 0 Å². The van der Waals surface area contributed by atoms with Crippen LogP contribution in [0.25, 0.3) is 0 Å². The molecule has 0 amide bonds. The first kappa shape index (κ1) is 7.23. The van der Waals surface area contributed by atoms with Crippen molar-refractivity contribution in [2.45, 2.75) is 19.4 Å². The highest BCUT2D eigenvalue weighted by atomic mass is 35.6. The summed E-state index contributed by atoms with van der Waals surface area (Å²) < 4.78 is 0. The molecule has 0 aromatic carbocycles. The Balaban J connectivity index is 2.38. The Kier molecular flexibility index (Phi) is 2.67. The maximum absolute atomic E-state index is 5.88. The molecule has 0 aliphatic heterocycles. The maximum Gasteiger partial charge on any atom is 0.117 e. The van der Waals surface area contributed by atoms with Crippen molar-refractivity contribution >= 4 is 24.5 Å². The average molecular weight is 159 g/mol. The Labute approximate surface area is 62.5 Å². The van der Waals surface area contributed by atoms with Gasteiger partial charge in [0, 0.05) is 0 Å². The van der Waals surface area contributed by atoms with Crippen molar-refractivity contribution < 1.29 is 0 Å². The molecule has 0 N–H and O–H groups in total. The smallest absolute Gasteiger partial charge is 0.117 e. The number of hydrogen-bond donors (Lipinski definition) is 0. The zero-order valence-electron chi connectivity index (χ0n) is 5.60. The fraction of sp³-hybridized carbons (Fsp3) is 0.571. The van der Waals surface area contributed by atoms with E-state index in [1.807, 2.05) is 0 Å². The molecule has 0 fully saturated rings. The van der Waals surface area contributed by atoms with E-state index in [-0.39, 0.29) is 0 Å². The van der Waals surface area contributed by atoms with Crippen LogP contribution in [0.15, 0.2) is 12.2 Å². The minimum atomic E-state index is -0.610. The van der Waals surface area contributed by atoms with E-state index >= 15 is 0 Å². The molecule has 2 heteroatoms. The lowest BCUT2D eigenvalue weighted by atomic mass is 10.1. The third-order valence-electron chi connectivity index (χ3n) is 1.51. The van der Waals surface area contributed by atoms with Crippen LogP contribution in [0.2, 0.25) is 6.55 Å². The topological polar surface area (TPSA) is 0 Å². The molecule has 0 nitrogen and oxygen atoms in total. The minimum absolute atomic E-state index is 0.610. The van der Waals surface area contributed by atoms with Gasteiger partial charge in [0.2, 0.25) is 0 Å². The lowest BCUT2D eigenvalue weighted by Gasteiger charge is -1.99. The van der Waals surface area contributed by atoms with Gasteiger partial charge in [0.15, 0.2) is 0 Å². The Morgan fingerprint density at radius 1 is 1.56 bits per heavy atom. The van der Waals surface area contributed by atoms with Crippen LogP contribution in [0.5, 0.6) is 0 Å². The lowest BCUT2D eigenvalue weighted by molar-refractivity contribution is 0.787. The zero-order valence-corrected chi connectivity index (χ0v) is 7.36. The molecular weight excluding hydrogens is 148 g/mol. The fourth-order valence-electron chi connectivity index (χ4n) is 1.10. The number of hydrogen-bond acceptors (Lipinski definition) is 0. The Morgan fingerprint density at radius 2 is 2.11 bits per heavy atom. The molecule has 0 atom stereocenters. The predicted molar refractivity (Wildman–Crippen MR) is 45.4 cm³/mol. The van der Waals surface area contributed by atoms with E-state index in [0.29, 0.717) is 0 Å². The Bertz CT molecular complexity index is 137. The van der Waals surface area contributed by atoms with Gasteiger partial charge in [-0.3, -0.25) is 0 Å². The van der Waals surface area contributed by atoms with Crippen LogP contribution >= 0.6 is 11.1 Å². The molecule has 0 aromatic heterocycles. The first-order valence-electron chi connectivity index (χ1n) is 3.28. The fourth-order valence-corrected chi connectivity index (χ4v) is 2.56. The quantitative estimate of drug-likeness (QED) is 0.312. The van der Waals surface area contributed by atoms with Gasteiger partial charge in [-0.2, -0.15) is 0 Å². The van der Waals surface area contributed by atoms with Crippen LogP contribution in [0.4, 0.5) is 0 Å². The molecule has 9 heavy (non-hydrogen) atoms. The van der Waals surface area contributed by atoms with Crippen LogP contribution in [0, 0.1) is 5.92 Å². The first-order chi connectivity index (χ1) is 4.29. The number of allylic oxidation sites excluding steroid dienone is 2. The van der Waals surface area contributed by atoms with Crippen molar-refractivity contribution in [3.63, 3.8) is 0 Å². The Morgan fingerprint density at radius 3 is 2.56 bits per heavy atom. The first-order valence-corrected chi connectivity index (χ1v) is 6.37. The van der Waals surface area contributed by atoms with Gasteiger partial charge < -0.3 is 0 Å². The summed E-state index contributed by atoms with van der Waals surface area (Å²) >= 11 is 5.88. The van der Waals surface area contributed by atoms with Gasteiger partial charge in [-0.05, 0) is 25.3 Å². The molecule has 0 bridgehead atoms. The van der Waals surface area contributed by atoms with E-state index in [4.69, 9.17) is 11.1 Å². The normalized spacial score (nSPS) is 21.3.